The van der Waals surface area contributed by atoms with Crippen LogP contribution in [0.1, 0.15) is 66.1 Å². The molecule has 5 nitrogen and oxygen atoms in total. The number of nitrogens with one attached hydrogen (secondary N) is 2. The Hall–Kier alpha value is -2.21. The monoisotopic (exact) mass is 414 g/mol. The van der Waals surface area contributed by atoms with Crippen LogP contribution in [0.15, 0.2) is 18.2 Å². The van der Waals surface area contributed by atoms with Crippen molar-refractivity contribution in [2.75, 3.05) is 19.5 Å². The van der Waals surface area contributed by atoms with Crippen LogP contribution in [0.25, 0.3) is 0 Å². The Labute approximate surface area is 176 Å². The molecule has 2 aromatic rings. The minimum Gasteiger partial charge on any atom is -0.493 e. The van der Waals surface area contributed by atoms with Gasteiger partial charge in [-0.2, -0.15) is 0 Å². The highest BCUT2D eigenvalue weighted by atomic mass is 32.1. The molecule has 1 aromatic heterocycles. The lowest BCUT2D eigenvalue weighted by molar-refractivity contribution is 0.0934. The molecule has 0 unspecified atom stereocenters. The molecule has 29 heavy (non-hydrogen) atoms. The third-order valence-electron chi connectivity index (χ3n) is 6.80. The van der Waals surface area contributed by atoms with Crippen molar-refractivity contribution in [3.8, 4) is 11.5 Å². The van der Waals surface area contributed by atoms with Gasteiger partial charge in [-0.1, -0.05) is 39.3 Å². The summed E-state index contributed by atoms with van der Waals surface area (Å²) in [5, 5.41) is 7.65. The van der Waals surface area contributed by atoms with E-state index in [0.29, 0.717) is 22.8 Å². The Morgan fingerprint density at radius 2 is 2.00 bits per heavy atom. The van der Waals surface area contributed by atoms with Crippen LogP contribution in [0.4, 0.5) is 5.00 Å². The number of carbonyl (C=O) groups is 1. The molecule has 156 valence electrons. The number of carbonyl (C=O) groups excluding carboxylic acids is 1. The largest absolute Gasteiger partial charge is 0.493 e. The van der Waals surface area contributed by atoms with Crippen molar-refractivity contribution in [2.45, 2.75) is 52.6 Å². The number of rotatable bonds is 5. The van der Waals surface area contributed by atoms with Crippen molar-refractivity contribution in [1.29, 1.82) is 0 Å². The van der Waals surface area contributed by atoms with Crippen LogP contribution in [0.3, 0.4) is 0 Å². The number of amides is 1. The van der Waals surface area contributed by atoms with Crippen LogP contribution in [-0.2, 0) is 12.8 Å². The predicted octanol–water partition coefficient (Wildman–Crippen LogP) is 5.16. The summed E-state index contributed by atoms with van der Waals surface area (Å²) in [6.07, 6.45) is 4.03. The molecule has 0 radical (unpaired) electrons. The first kappa shape index (κ1) is 20.1. The van der Waals surface area contributed by atoms with Gasteiger partial charge in [-0.3, -0.25) is 4.79 Å². The molecule has 1 aromatic carbocycles. The Morgan fingerprint density at radius 3 is 2.69 bits per heavy atom. The van der Waals surface area contributed by atoms with Crippen molar-refractivity contribution in [1.82, 2.24) is 5.32 Å². The first-order chi connectivity index (χ1) is 13.9. The maximum Gasteiger partial charge on any atom is 0.256 e. The third kappa shape index (κ3) is 3.37. The average Bonchev–Trinajstić information content (AvgIpc) is 3.11. The molecule has 6 heteroatoms. The topological polar surface area (TPSA) is 59.6 Å². The van der Waals surface area contributed by atoms with E-state index in [1.807, 2.05) is 18.2 Å². The lowest BCUT2D eigenvalue weighted by atomic mass is 9.69. The summed E-state index contributed by atoms with van der Waals surface area (Å²) in [6, 6.07) is 5.73. The quantitative estimate of drug-likeness (QED) is 0.709. The van der Waals surface area contributed by atoms with E-state index in [1.54, 1.807) is 25.6 Å². The summed E-state index contributed by atoms with van der Waals surface area (Å²) in [7, 11) is 3.24. The van der Waals surface area contributed by atoms with Gasteiger partial charge in [0, 0.05) is 10.4 Å². The summed E-state index contributed by atoms with van der Waals surface area (Å²) in [5.41, 5.74) is 3.28. The van der Waals surface area contributed by atoms with E-state index < -0.39 is 0 Å². The van der Waals surface area contributed by atoms with Crippen molar-refractivity contribution in [3.05, 3.63) is 39.8 Å². The SMILES string of the molecule is CCC(C)(C)[C@H]1CCc2c(sc3c2C(=O)N[C@H](c2cccc(OC)c2OC)N3)C1. The number of ether oxygens (including phenoxy) is 2. The summed E-state index contributed by atoms with van der Waals surface area (Å²) in [4.78, 5) is 14.4. The number of hydrogen-bond donors (Lipinski definition) is 2. The van der Waals surface area contributed by atoms with Gasteiger partial charge in [0.25, 0.3) is 5.91 Å². The standard InChI is InChI=1S/C23H30N2O3S/c1-6-23(2,3)13-10-11-14-17(12-13)29-22-18(14)21(26)24-20(25-22)15-8-7-9-16(27-4)19(15)28-5/h7-9,13,20,25H,6,10-12H2,1-5H3,(H,24,26)/t13-,20-/m0/s1. The second kappa shape index (κ2) is 7.56. The molecule has 0 bridgehead atoms. The smallest absolute Gasteiger partial charge is 0.256 e. The van der Waals surface area contributed by atoms with Gasteiger partial charge in [-0.05, 0) is 42.2 Å². The van der Waals surface area contributed by atoms with Gasteiger partial charge in [0.05, 0.1) is 19.8 Å². The maximum absolute atomic E-state index is 13.1. The number of fused-ring (bicyclic) bond motifs is 3. The summed E-state index contributed by atoms with van der Waals surface area (Å²) in [5.74, 6) is 1.96. The normalized spacial score (nSPS) is 20.9. The van der Waals surface area contributed by atoms with Gasteiger partial charge in [0.2, 0.25) is 0 Å². The number of methoxy groups -OCH3 is 2. The molecule has 4 rings (SSSR count). The zero-order valence-electron chi connectivity index (χ0n) is 17.8. The highest BCUT2D eigenvalue weighted by molar-refractivity contribution is 7.16. The van der Waals surface area contributed by atoms with Crippen LogP contribution in [0.2, 0.25) is 0 Å². The molecule has 2 heterocycles. The van der Waals surface area contributed by atoms with E-state index in [9.17, 15) is 4.79 Å². The molecule has 0 saturated carbocycles. The molecule has 0 fully saturated rings. The van der Waals surface area contributed by atoms with Gasteiger partial charge in [-0.15, -0.1) is 11.3 Å². The highest BCUT2D eigenvalue weighted by Crippen LogP contribution is 2.47. The summed E-state index contributed by atoms with van der Waals surface area (Å²) >= 11 is 1.75. The maximum atomic E-state index is 13.1. The molecule has 2 aliphatic rings. The highest BCUT2D eigenvalue weighted by Gasteiger charge is 2.38. The van der Waals surface area contributed by atoms with E-state index in [-0.39, 0.29) is 12.1 Å². The molecular formula is C23H30N2O3S. The number of benzene rings is 1. The lowest BCUT2D eigenvalue weighted by Gasteiger charge is -2.36. The van der Waals surface area contributed by atoms with Crippen molar-refractivity contribution >= 4 is 22.2 Å². The summed E-state index contributed by atoms with van der Waals surface area (Å²) in [6.45, 7) is 7.01. The zero-order chi connectivity index (χ0) is 20.8. The fraction of sp³-hybridized carbons (Fsp3) is 0.522. The first-order valence-electron chi connectivity index (χ1n) is 10.3. The van der Waals surface area contributed by atoms with Gasteiger partial charge in [0.15, 0.2) is 11.5 Å². The molecule has 1 amide bonds. The van der Waals surface area contributed by atoms with E-state index in [1.165, 1.54) is 16.9 Å². The average molecular weight is 415 g/mol. The van der Waals surface area contributed by atoms with Gasteiger partial charge < -0.3 is 20.1 Å². The van der Waals surface area contributed by atoms with E-state index in [2.05, 4.69) is 31.4 Å². The van der Waals surface area contributed by atoms with Crippen LogP contribution in [0, 0.1) is 11.3 Å². The van der Waals surface area contributed by atoms with E-state index in [0.717, 1.165) is 35.4 Å². The van der Waals surface area contributed by atoms with Crippen LogP contribution in [-0.4, -0.2) is 20.1 Å². The van der Waals surface area contributed by atoms with E-state index >= 15 is 0 Å². The first-order valence-corrected chi connectivity index (χ1v) is 11.1. The molecule has 1 aliphatic heterocycles. The fourth-order valence-electron chi connectivity index (χ4n) is 4.55. The van der Waals surface area contributed by atoms with Crippen LogP contribution in [0.5, 0.6) is 11.5 Å². The lowest BCUT2D eigenvalue weighted by Crippen LogP contribution is -2.38. The van der Waals surface area contributed by atoms with Crippen molar-refractivity contribution < 1.29 is 14.3 Å². The van der Waals surface area contributed by atoms with Crippen molar-refractivity contribution in [2.24, 2.45) is 11.3 Å². The Morgan fingerprint density at radius 1 is 1.21 bits per heavy atom. The third-order valence-corrected chi connectivity index (χ3v) is 7.99. The number of anilines is 1. The molecule has 2 N–H and O–H groups in total. The second-order valence-electron chi connectivity index (χ2n) is 8.62. The number of thiophene rings is 1. The Kier molecular flexibility index (Phi) is 5.23. The summed E-state index contributed by atoms with van der Waals surface area (Å²) < 4.78 is 11.0. The van der Waals surface area contributed by atoms with Crippen molar-refractivity contribution in [3.63, 3.8) is 0 Å². The van der Waals surface area contributed by atoms with E-state index in [4.69, 9.17) is 9.47 Å². The number of hydrogen-bond acceptors (Lipinski definition) is 5. The molecule has 2 atom stereocenters. The molecule has 0 saturated heterocycles. The molecule has 0 spiro atoms. The number of para-hydroxylation sites is 1. The van der Waals surface area contributed by atoms with Crippen LogP contribution < -0.4 is 20.1 Å². The fourth-order valence-corrected chi connectivity index (χ4v) is 5.90. The van der Waals surface area contributed by atoms with Gasteiger partial charge in [0.1, 0.15) is 11.2 Å². The molecular weight excluding hydrogens is 384 g/mol. The van der Waals surface area contributed by atoms with Gasteiger partial charge >= 0.3 is 0 Å². The Bertz CT molecular complexity index is 934. The minimum atomic E-state index is -0.344. The predicted molar refractivity (Wildman–Crippen MR) is 117 cm³/mol. The Balaban J connectivity index is 1.66. The second-order valence-corrected chi connectivity index (χ2v) is 9.73. The van der Waals surface area contributed by atoms with Gasteiger partial charge in [-0.25, -0.2) is 0 Å². The molecule has 1 aliphatic carbocycles. The minimum absolute atomic E-state index is 0.000625. The zero-order valence-corrected chi connectivity index (χ0v) is 18.7. The van der Waals surface area contributed by atoms with Crippen LogP contribution >= 0.6 is 11.3 Å².